The first-order valence-electron chi connectivity index (χ1n) is 12.3. The maximum atomic E-state index is 13.3. The Kier molecular flexibility index (Phi) is 11.5. The van der Waals surface area contributed by atoms with Gasteiger partial charge < -0.3 is 29.5 Å². The quantitative estimate of drug-likeness (QED) is 0.193. The SMILES string of the molecule is COc1ccnc(C(=O)NC(CC=O)C(=O)C(=O)[C@@H](C)[C@H](OC(=O)C(C)C)[C@H](C=O)Cc2ccccc2)c1O. The molecular weight excluding hydrogens is 508 g/mol. The van der Waals surface area contributed by atoms with Crippen molar-refractivity contribution >= 4 is 36.0 Å². The number of benzene rings is 1. The van der Waals surface area contributed by atoms with Crippen LogP contribution in [0.1, 0.15) is 43.2 Å². The minimum absolute atomic E-state index is 0.0498. The monoisotopic (exact) mass is 540 g/mol. The standard InChI is InChI=1S/C28H32N2O9/c1-16(2)28(37)39-26(19(15-32)14-18-8-6-5-7-9-18)17(3)23(33)24(34)20(11-13-31)30-27(36)22-25(35)21(38-4)10-12-29-22/h5-10,12-13,15-17,19-20,26,35H,11,14H2,1-4H3,(H,30,36)/t17-,19+,20?,26+/m1/s1. The van der Waals surface area contributed by atoms with E-state index >= 15 is 0 Å². The molecule has 0 aliphatic carbocycles. The molecule has 11 heteroatoms. The molecule has 2 aromatic rings. The van der Waals surface area contributed by atoms with Crippen LogP contribution in [0.4, 0.5) is 0 Å². The molecule has 0 saturated heterocycles. The molecule has 1 unspecified atom stereocenters. The second-order valence-electron chi connectivity index (χ2n) is 9.20. The number of hydrogen-bond acceptors (Lipinski definition) is 10. The highest BCUT2D eigenvalue weighted by Gasteiger charge is 2.40. The molecule has 1 amide bonds. The lowest BCUT2D eigenvalue weighted by Crippen LogP contribution is -2.49. The van der Waals surface area contributed by atoms with Crippen molar-refractivity contribution in [3.05, 3.63) is 53.9 Å². The molecule has 0 bridgehead atoms. The molecule has 2 N–H and O–H groups in total. The Hall–Kier alpha value is -4.41. The summed E-state index contributed by atoms with van der Waals surface area (Å²) >= 11 is 0. The summed E-state index contributed by atoms with van der Waals surface area (Å²) in [5.41, 5.74) is 0.272. The third kappa shape index (κ3) is 8.03. The number of methoxy groups -OCH3 is 1. The molecule has 208 valence electrons. The van der Waals surface area contributed by atoms with Crippen LogP contribution < -0.4 is 10.1 Å². The molecule has 11 nitrogen and oxygen atoms in total. The summed E-state index contributed by atoms with van der Waals surface area (Å²) in [5, 5.41) is 12.4. The molecule has 1 aromatic heterocycles. The van der Waals surface area contributed by atoms with Gasteiger partial charge in [-0.1, -0.05) is 51.1 Å². The predicted octanol–water partition coefficient (Wildman–Crippen LogP) is 1.88. The van der Waals surface area contributed by atoms with Crippen LogP contribution in [0.5, 0.6) is 11.5 Å². The summed E-state index contributed by atoms with van der Waals surface area (Å²) in [6.07, 6.45) is 0.413. The minimum atomic E-state index is -1.59. The van der Waals surface area contributed by atoms with Gasteiger partial charge in [0.25, 0.3) is 5.91 Å². The summed E-state index contributed by atoms with van der Waals surface area (Å²) in [5.74, 6) is -7.33. The average molecular weight is 541 g/mol. The Bertz CT molecular complexity index is 1200. The largest absolute Gasteiger partial charge is 0.503 e. The van der Waals surface area contributed by atoms with Gasteiger partial charge in [0.2, 0.25) is 11.6 Å². The fourth-order valence-electron chi connectivity index (χ4n) is 3.83. The molecule has 4 atom stereocenters. The van der Waals surface area contributed by atoms with Crippen molar-refractivity contribution in [3.63, 3.8) is 0 Å². The van der Waals surface area contributed by atoms with Gasteiger partial charge in [-0.15, -0.1) is 0 Å². The second kappa shape index (κ2) is 14.5. The maximum Gasteiger partial charge on any atom is 0.308 e. The van der Waals surface area contributed by atoms with Gasteiger partial charge in [0.1, 0.15) is 24.7 Å². The Morgan fingerprint density at radius 1 is 1.03 bits per heavy atom. The molecule has 1 heterocycles. The summed E-state index contributed by atoms with van der Waals surface area (Å²) in [4.78, 5) is 78.8. The van der Waals surface area contributed by atoms with E-state index in [1.807, 2.05) is 0 Å². The number of ketones is 2. The van der Waals surface area contributed by atoms with Crippen molar-refractivity contribution in [2.24, 2.45) is 17.8 Å². The van der Waals surface area contributed by atoms with Gasteiger partial charge in [0.15, 0.2) is 17.2 Å². The lowest BCUT2D eigenvalue weighted by molar-refractivity contribution is -0.162. The van der Waals surface area contributed by atoms with Crippen LogP contribution in [-0.2, 0) is 35.1 Å². The van der Waals surface area contributed by atoms with Crippen LogP contribution >= 0.6 is 0 Å². The van der Waals surface area contributed by atoms with Crippen LogP contribution in [0, 0.1) is 17.8 Å². The highest BCUT2D eigenvalue weighted by atomic mass is 16.5. The van der Waals surface area contributed by atoms with E-state index in [1.165, 1.54) is 26.3 Å². The molecule has 0 radical (unpaired) electrons. The number of ether oxygens (including phenoxy) is 2. The van der Waals surface area contributed by atoms with E-state index in [4.69, 9.17) is 9.47 Å². The van der Waals surface area contributed by atoms with Crippen molar-refractivity contribution in [2.45, 2.75) is 45.8 Å². The van der Waals surface area contributed by atoms with E-state index in [2.05, 4.69) is 10.3 Å². The van der Waals surface area contributed by atoms with Crippen LogP contribution in [0.2, 0.25) is 0 Å². The van der Waals surface area contributed by atoms with Crippen molar-refractivity contribution in [1.29, 1.82) is 0 Å². The van der Waals surface area contributed by atoms with Gasteiger partial charge in [0.05, 0.1) is 24.9 Å². The van der Waals surface area contributed by atoms with E-state index in [0.29, 0.717) is 12.6 Å². The van der Waals surface area contributed by atoms with Crippen LogP contribution in [0.25, 0.3) is 0 Å². The van der Waals surface area contributed by atoms with Crippen LogP contribution in [0.15, 0.2) is 42.6 Å². The van der Waals surface area contributed by atoms with Crippen LogP contribution in [-0.4, -0.2) is 65.4 Å². The topological polar surface area (TPSA) is 166 Å². The number of Topliss-reactive ketones (excluding diaryl/α,β-unsaturated/α-hetero) is 2. The number of carbonyl (C=O) groups is 6. The highest BCUT2D eigenvalue weighted by molar-refractivity contribution is 6.40. The number of nitrogens with one attached hydrogen (secondary N) is 1. The number of nitrogens with zero attached hydrogens (tertiary/aromatic N) is 1. The molecule has 1 aromatic carbocycles. The first-order valence-corrected chi connectivity index (χ1v) is 12.3. The summed E-state index contributed by atoms with van der Waals surface area (Å²) in [6.45, 7) is 4.51. The molecule has 0 saturated carbocycles. The molecule has 0 spiro atoms. The first-order chi connectivity index (χ1) is 18.5. The Morgan fingerprint density at radius 3 is 2.26 bits per heavy atom. The number of aromatic nitrogens is 1. The number of esters is 1. The van der Waals surface area contributed by atoms with E-state index in [1.54, 1.807) is 44.2 Å². The fourth-order valence-corrected chi connectivity index (χ4v) is 3.83. The number of pyridine rings is 1. The van der Waals surface area contributed by atoms with E-state index in [-0.39, 0.29) is 12.2 Å². The second-order valence-corrected chi connectivity index (χ2v) is 9.20. The van der Waals surface area contributed by atoms with Crippen LogP contribution in [0.3, 0.4) is 0 Å². The zero-order valence-corrected chi connectivity index (χ0v) is 22.2. The maximum absolute atomic E-state index is 13.3. The molecule has 0 fully saturated rings. The number of rotatable bonds is 15. The smallest absolute Gasteiger partial charge is 0.308 e. The number of aldehydes is 2. The lowest BCUT2D eigenvalue weighted by Gasteiger charge is -2.29. The molecular formula is C28H32N2O9. The van der Waals surface area contributed by atoms with Crippen molar-refractivity contribution in [2.75, 3.05) is 7.11 Å². The Labute approximate surface area is 225 Å². The number of aromatic hydroxyl groups is 1. The molecule has 0 aliphatic rings. The Morgan fingerprint density at radius 2 is 1.69 bits per heavy atom. The van der Waals surface area contributed by atoms with Gasteiger partial charge in [-0.05, 0) is 12.0 Å². The number of amides is 1. The zero-order chi connectivity index (χ0) is 29.1. The molecule has 39 heavy (non-hydrogen) atoms. The van der Waals surface area contributed by atoms with E-state index in [0.717, 1.165) is 5.56 Å². The summed E-state index contributed by atoms with van der Waals surface area (Å²) in [7, 11) is 1.27. The number of hydrogen-bond donors (Lipinski definition) is 2. The van der Waals surface area contributed by atoms with Gasteiger partial charge in [-0.25, -0.2) is 4.98 Å². The van der Waals surface area contributed by atoms with Gasteiger partial charge in [0, 0.05) is 18.7 Å². The first kappa shape index (κ1) is 30.8. The van der Waals surface area contributed by atoms with Gasteiger partial charge >= 0.3 is 5.97 Å². The molecule has 2 rings (SSSR count). The van der Waals surface area contributed by atoms with E-state index in [9.17, 15) is 33.9 Å². The summed E-state index contributed by atoms with van der Waals surface area (Å²) in [6, 6.07) is 8.59. The average Bonchev–Trinajstić information content (AvgIpc) is 2.93. The van der Waals surface area contributed by atoms with Gasteiger partial charge in [-0.3, -0.25) is 19.2 Å². The highest BCUT2D eigenvalue weighted by Crippen LogP contribution is 2.28. The fraction of sp³-hybridized carbons (Fsp3) is 0.393. The van der Waals surface area contributed by atoms with E-state index < -0.39 is 71.2 Å². The van der Waals surface area contributed by atoms with Crippen molar-refractivity contribution in [3.8, 4) is 11.5 Å². The summed E-state index contributed by atoms with van der Waals surface area (Å²) < 4.78 is 10.5. The van der Waals surface area contributed by atoms with Gasteiger partial charge in [-0.2, -0.15) is 0 Å². The predicted molar refractivity (Wildman–Crippen MR) is 138 cm³/mol. The van der Waals surface area contributed by atoms with Crippen molar-refractivity contribution in [1.82, 2.24) is 10.3 Å². The van der Waals surface area contributed by atoms with Crippen molar-refractivity contribution < 1.29 is 43.3 Å². The third-order valence-corrected chi connectivity index (χ3v) is 6.06. The Balaban J connectivity index is 2.33. The lowest BCUT2D eigenvalue weighted by atomic mass is 9.83. The third-order valence-electron chi connectivity index (χ3n) is 6.06. The molecule has 0 aliphatic heterocycles. The zero-order valence-electron chi connectivity index (χ0n) is 22.2. The number of carbonyl (C=O) groups excluding carboxylic acids is 6. The minimum Gasteiger partial charge on any atom is -0.503 e. The normalized spacial score (nSPS) is 13.9.